The molecule has 0 spiro atoms. The van der Waals surface area contributed by atoms with E-state index in [1.165, 1.54) is 49.9 Å². The Kier molecular flexibility index (Phi) is 5.73. The van der Waals surface area contributed by atoms with E-state index in [2.05, 4.69) is 0 Å². The molecule has 1 saturated carbocycles. The van der Waals surface area contributed by atoms with Crippen molar-refractivity contribution in [1.82, 2.24) is 4.90 Å². The molecule has 7 heteroatoms. The summed E-state index contributed by atoms with van der Waals surface area (Å²) in [6.07, 6.45) is 5.80. The summed E-state index contributed by atoms with van der Waals surface area (Å²) in [5, 5.41) is 0. The van der Waals surface area contributed by atoms with Crippen LogP contribution in [-0.4, -0.2) is 46.0 Å². The smallest absolute Gasteiger partial charge is 0.264 e. The summed E-state index contributed by atoms with van der Waals surface area (Å²) in [4.78, 5) is 15.2. The molecule has 0 aromatic heterocycles. The van der Waals surface area contributed by atoms with Gasteiger partial charge in [-0.1, -0.05) is 25.0 Å². The van der Waals surface area contributed by atoms with E-state index in [9.17, 15) is 13.2 Å². The van der Waals surface area contributed by atoms with Crippen LogP contribution in [0.5, 0.6) is 5.75 Å². The van der Waals surface area contributed by atoms with E-state index in [0.717, 1.165) is 19.4 Å². The fourth-order valence-corrected chi connectivity index (χ4v) is 5.98. The Morgan fingerprint density at radius 2 is 1.73 bits per heavy atom. The van der Waals surface area contributed by atoms with Crippen molar-refractivity contribution in [2.45, 2.75) is 43.0 Å². The normalized spacial score (nSPS) is 21.2. The summed E-state index contributed by atoms with van der Waals surface area (Å²) >= 11 is 0. The minimum Gasteiger partial charge on any atom is -0.495 e. The second kappa shape index (κ2) is 8.30. The van der Waals surface area contributed by atoms with Gasteiger partial charge in [-0.05, 0) is 61.6 Å². The summed E-state index contributed by atoms with van der Waals surface area (Å²) in [5.74, 6) is 1.11. The number of carbonyl (C=O) groups excluding carboxylic acids is 1. The highest BCUT2D eigenvalue weighted by molar-refractivity contribution is 7.92. The van der Waals surface area contributed by atoms with Crippen LogP contribution in [0.2, 0.25) is 0 Å². The lowest BCUT2D eigenvalue weighted by Crippen LogP contribution is -2.39. The molecule has 0 bridgehead atoms. The highest BCUT2D eigenvalue weighted by atomic mass is 32.2. The van der Waals surface area contributed by atoms with Crippen LogP contribution in [0.15, 0.2) is 53.4 Å². The van der Waals surface area contributed by atoms with Gasteiger partial charge in [0.15, 0.2) is 0 Å². The number of methoxy groups -OCH3 is 1. The molecule has 2 aromatic rings. The average molecular weight is 429 g/mol. The molecule has 4 rings (SSSR count). The first-order chi connectivity index (χ1) is 14.4. The number of nitrogens with zero attached hydrogens (tertiary/aromatic N) is 2. The molecule has 2 atom stereocenters. The van der Waals surface area contributed by atoms with Crippen molar-refractivity contribution in [3.63, 3.8) is 0 Å². The van der Waals surface area contributed by atoms with Crippen LogP contribution in [-0.2, 0) is 10.0 Å². The first-order valence-corrected chi connectivity index (χ1v) is 11.9. The molecule has 2 aromatic carbocycles. The lowest BCUT2D eigenvalue weighted by Gasteiger charge is -2.31. The van der Waals surface area contributed by atoms with Crippen molar-refractivity contribution in [3.8, 4) is 5.75 Å². The fourth-order valence-electron chi connectivity index (χ4n) is 4.77. The van der Waals surface area contributed by atoms with Crippen LogP contribution in [0.3, 0.4) is 0 Å². The lowest BCUT2D eigenvalue weighted by atomic mass is 9.85. The highest BCUT2D eigenvalue weighted by Crippen LogP contribution is 2.37. The first-order valence-electron chi connectivity index (χ1n) is 10.5. The van der Waals surface area contributed by atoms with Gasteiger partial charge in [-0.3, -0.25) is 9.10 Å². The number of fused-ring (bicyclic) bond motifs is 1. The van der Waals surface area contributed by atoms with Crippen LogP contribution in [0, 0.1) is 5.92 Å². The van der Waals surface area contributed by atoms with Crippen LogP contribution in [0.4, 0.5) is 5.69 Å². The molecule has 1 amide bonds. The first kappa shape index (κ1) is 20.7. The Morgan fingerprint density at radius 3 is 2.47 bits per heavy atom. The fraction of sp³-hybridized carbons (Fsp3) is 0.435. The molecule has 2 unspecified atom stereocenters. The molecular weight excluding hydrogens is 400 g/mol. The largest absolute Gasteiger partial charge is 0.495 e. The van der Waals surface area contributed by atoms with E-state index in [-0.39, 0.29) is 10.8 Å². The SMILES string of the molecule is COc1ccccc1N(C)S(=O)(=O)c1ccc(C(=O)N2CCC3CCCCC32)cc1. The number of benzene rings is 2. The van der Waals surface area contributed by atoms with Crippen LogP contribution < -0.4 is 9.04 Å². The third-order valence-corrected chi connectivity index (χ3v) is 8.24. The molecule has 0 radical (unpaired) electrons. The van der Waals surface area contributed by atoms with Crippen molar-refractivity contribution in [2.24, 2.45) is 5.92 Å². The Hall–Kier alpha value is -2.54. The van der Waals surface area contributed by atoms with Crippen LogP contribution >= 0.6 is 0 Å². The molecule has 0 N–H and O–H groups in total. The van der Waals surface area contributed by atoms with Crippen LogP contribution in [0.1, 0.15) is 42.5 Å². The molecule has 160 valence electrons. The number of carbonyl (C=O) groups is 1. The van der Waals surface area contributed by atoms with Gasteiger partial charge in [-0.25, -0.2) is 8.42 Å². The number of hydrogen-bond donors (Lipinski definition) is 0. The Bertz CT molecular complexity index is 1020. The van der Waals surface area contributed by atoms with Crippen molar-refractivity contribution in [2.75, 3.05) is 25.0 Å². The summed E-state index contributed by atoms with van der Waals surface area (Å²) in [5.41, 5.74) is 1.00. The Morgan fingerprint density at radius 1 is 1.03 bits per heavy atom. The monoisotopic (exact) mass is 428 g/mol. The number of para-hydroxylation sites is 2. The van der Waals surface area contributed by atoms with Crippen molar-refractivity contribution in [3.05, 3.63) is 54.1 Å². The molecule has 6 nitrogen and oxygen atoms in total. The third-order valence-electron chi connectivity index (χ3n) is 6.46. The lowest BCUT2D eigenvalue weighted by molar-refractivity contribution is 0.0690. The highest BCUT2D eigenvalue weighted by Gasteiger charge is 2.38. The third kappa shape index (κ3) is 3.67. The summed E-state index contributed by atoms with van der Waals surface area (Å²) < 4.78 is 32.7. The van der Waals surface area contributed by atoms with Crippen molar-refractivity contribution >= 4 is 21.6 Å². The quantitative estimate of drug-likeness (QED) is 0.724. The second-order valence-corrected chi connectivity index (χ2v) is 10.0. The van der Waals surface area contributed by atoms with Gasteiger partial charge in [-0.2, -0.15) is 0 Å². The predicted molar refractivity (Wildman–Crippen MR) is 116 cm³/mol. The maximum absolute atomic E-state index is 13.1. The topological polar surface area (TPSA) is 66.9 Å². The standard InChI is InChI=1S/C23H28N2O4S/c1-24(21-9-5-6-10-22(21)29-2)30(27,28)19-13-11-18(12-14-19)23(26)25-16-15-17-7-3-4-8-20(17)25/h5-6,9-14,17,20H,3-4,7-8,15-16H2,1-2H3. The second-order valence-electron chi connectivity index (χ2n) is 8.07. The van der Waals surface area contributed by atoms with Crippen molar-refractivity contribution in [1.29, 1.82) is 0 Å². The maximum atomic E-state index is 13.1. The zero-order chi connectivity index (χ0) is 21.3. The molecule has 2 aliphatic rings. The van der Waals surface area contributed by atoms with Gasteiger partial charge >= 0.3 is 0 Å². The van der Waals surface area contributed by atoms with Crippen LogP contribution in [0.25, 0.3) is 0 Å². The van der Waals surface area contributed by atoms with Gasteiger partial charge in [-0.15, -0.1) is 0 Å². The zero-order valence-corrected chi connectivity index (χ0v) is 18.3. The van der Waals surface area contributed by atoms with E-state index in [1.54, 1.807) is 36.4 Å². The number of sulfonamides is 1. The van der Waals surface area contributed by atoms with Gasteiger partial charge in [0.1, 0.15) is 5.75 Å². The molecule has 30 heavy (non-hydrogen) atoms. The predicted octanol–water partition coefficient (Wildman–Crippen LogP) is 3.93. The molecule has 1 aliphatic heterocycles. The minimum atomic E-state index is -3.78. The number of ether oxygens (including phenoxy) is 1. The number of hydrogen-bond acceptors (Lipinski definition) is 4. The van der Waals surface area contributed by atoms with E-state index in [0.29, 0.717) is 29.0 Å². The van der Waals surface area contributed by atoms with Gasteiger partial charge in [0.05, 0.1) is 17.7 Å². The van der Waals surface area contributed by atoms with E-state index < -0.39 is 10.0 Å². The Balaban J connectivity index is 1.55. The van der Waals surface area contributed by atoms with Gasteiger partial charge < -0.3 is 9.64 Å². The Labute approximate surface area is 178 Å². The number of rotatable bonds is 5. The minimum absolute atomic E-state index is 0.00595. The molecule has 1 aliphatic carbocycles. The average Bonchev–Trinajstić information content (AvgIpc) is 3.22. The number of likely N-dealkylation sites (tertiary alicyclic amines) is 1. The van der Waals surface area contributed by atoms with Gasteiger partial charge in [0.2, 0.25) is 0 Å². The summed E-state index contributed by atoms with van der Waals surface area (Å²) in [6, 6.07) is 13.6. The summed E-state index contributed by atoms with van der Waals surface area (Å²) in [6.45, 7) is 0.796. The molecular formula is C23H28N2O4S. The van der Waals surface area contributed by atoms with E-state index >= 15 is 0 Å². The number of amides is 1. The zero-order valence-electron chi connectivity index (χ0n) is 17.5. The van der Waals surface area contributed by atoms with Gasteiger partial charge in [0.25, 0.3) is 15.9 Å². The van der Waals surface area contributed by atoms with E-state index in [1.807, 2.05) is 4.90 Å². The van der Waals surface area contributed by atoms with E-state index in [4.69, 9.17) is 4.74 Å². The van der Waals surface area contributed by atoms with Gasteiger partial charge in [0, 0.05) is 25.2 Å². The molecule has 2 fully saturated rings. The number of anilines is 1. The maximum Gasteiger partial charge on any atom is 0.264 e. The molecule has 1 heterocycles. The summed E-state index contributed by atoms with van der Waals surface area (Å²) in [7, 11) is -0.768. The molecule has 1 saturated heterocycles. The van der Waals surface area contributed by atoms with Crippen molar-refractivity contribution < 1.29 is 17.9 Å².